The average molecular weight is 373 g/mol. The van der Waals surface area contributed by atoms with Crippen molar-refractivity contribution in [3.8, 4) is 23.0 Å². The van der Waals surface area contributed by atoms with Gasteiger partial charge in [0.25, 0.3) is 0 Å². The third-order valence-electron chi connectivity index (χ3n) is 4.16. The van der Waals surface area contributed by atoms with Crippen LogP contribution in [0, 0.1) is 0 Å². The fourth-order valence-electron chi connectivity index (χ4n) is 2.85. The minimum absolute atomic E-state index is 0.0793. The molecular weight excluding hydrogens is 358 g/mol. The summed E-state index contributed by atoms with van der Waals surface area (Å²) in [4.78, 5) is 30.0. The second-order valence-corrected chi connectivity index (χ2v) is 5.89. The number of aromatic nitrogens is 1. The van der Waals surface area contributed by atoms with Crippen LogP contribution in [-0.4, -0.2) is 18.1 Å². The quantitative estimate of drug-likeness (QED) is 0.502. The number of hydrogen-bond donors (Lipinski definition) is 0. The summed E-state index contributed by atoms with van der Waals surface area (Å²) in [5.41, 5.74) is 0.488. The number of esters is 1. The van der Waals surface area contributed by atoms with Crippen LogP contribution in [0.2, 0.25) is 0 Å². The van der Waals surface area contributed by atoms with Crippen LogP contribution in [0.25, 0.3) is 22.4 Å². The molecule has 0 saturated heterocycles. The van der Waals surface area contributed by atoms with Crippen molar-refractivity contribution in [3.05, 3.63) is 88.7 Å². The summed E-state index contributed by atoms with van der Waals surface area (Å²) in [5.74, 6) is -0.490. The van der Waals surface area contributed by atoms with E-state index in [1.165, 1.54) is 7.11 Å². The molecule has 4 rings (SSSR count). The normalized spacial score (nSPS) is 10.6. The molecule has 0 atom stereocenters. The standard InChI is InChI=1S/C22H15NO5/c1-26-16-11-7-12-17-18(16)19(24)21(20(27-17)15-10-5-6-13-23-15)28-22(25)14-8-3-2-4-9-14/h2-13H,1H3. The molecule has 0 aliphatic heterocycles. The van der Waals surface area contributed by atoms with Gasteiger partial charge in [-0.2, -0.15) is 0 Å². The van der Waals surface area contributed by atoms with Gasteiger partial charge in [-0.15, -0.1) is 0 Å². The minimum Gasteiger partial charge on any atom is -0.496 e. The van der Waals surface area contributed by atoms with E-state index in [-0.39, 0.29) is 16.9 Å². The minimum atomic E-state index is -0.667. The summed E-state index contributed by atoms with van der Waals surface area (Å²) in [5, 5.41) is 0.195. The van der Waals surface area contributed by atoms with E-state index in [2.05, 4.69) is 4.98 Å². The van der Waals surface area contributed by atoms with E-state index in [1.807, 2.05) is 0 Å². The lowest BCUT2D eigenvalue weighted by Gasteiger charge is -2.11. The third kappa shape index (κ3) is 3.12. The Balaban J connectivity index is 1.95. The molecular formula is C22H15NO5. The maximum Gasteiger partial charge on any atom is 0.343 e. The Morgan fingerprint density at radius 3 is 2.46 bits per heavy atom. The smallest absolute Gasteiger partial charge is 0.343 e. The Kier molecular flexibility index (Phi) is 4.60. The van der Waals surface area contributed by atoms with Crippen LogP contribution in [-0.2, 0) is 0 Å². The highest BCUT2D eigenvalue weighted by Crippen LogP contribution is 2.33. The van der Waals surface area contributed by atoms with Gasteiger partial charge in [-0.25, -0.2) is 4.79 Å². The van der Waals surface area contributed by atoms with Crippen LogP contribution in [0.1, 0.15) is 10.4 Å². The first kappa shape index (κ1) is 17.5. The predicted octanol–water partition coefficient (Wildman–Crippen LogP) is 4.08. The fraction of sp³-hybridized carbons (Fsp3) is 0.0455. The topological polar surface area (TPSA) is 78.6 Å². The maximum absolute atomic E-state index is 13.2. The molecule has 6 nitrogen and oxygen atoms in total. The number of ether oxygens (including phenoxy) is 2. The predicted molar refractivity (Wildman–Crippen MR) is 104 cm³/mol. The molecule has 0 unspecified atom stereocenters. The summed E-state index contributed by atoms with van der Waals surface area (Å²) in [6.45, 7) is 0. The Bertz CT molecular complexity index is 1200. The highest BCUT2D eigenvalue weighted by molar-refractivity contribution is 5.93. The molecule has 0 radical (unpaired) electrons. The third-order valence-corrected chi connectivity index (χ3v) is 4.16. The van der Waals surface area contributed by atoms with Crippen molar-refractivity contribution in [1.82, 2.24) is 4.98 Å². The number of nitrogens with zero attached hydrogens (tertiary/aromatic N) is 1. The van der Waals surface area contributed by atoms with Gasteiger partial charge < -0.3 is 13.9 Å². The first-order valence-corrected chi connectivity index (χ1v) is 8.51. The number of carbonyl (C=O) groups excluding carboxylic acids is 1. The second-order valence-electron chi connectivity index (χ2n) is 5.89. The van der Waals surface area contributed by atoms with E-state index in [4.69, 9.17) is 13.9 Å². The van der Waals surface area contributed by atoms with E-state index in [9.17, 15) is 9.59 Å². The van der Waals surface area contributed by atoms with Crippen LogP contribution >= 0.6 is 0 Å². The Morgan fingerprint density at radius 1 is 0.964 bits per heavy atom. The Labute approximate surface area is 160 Å². The van der Waals surface area contributed by atoms with Crippen LogP contribution in [0.15, 0.2) is 82.1 Å². The van der Waals surface area contributed by atoms with Crippen molar-refractivity contribution in [2.75, 3.05) is 7.11 Å². The lowest BCUT2D eigenvalue weighted by Crippen LogP contribution is -2.16. The van der Waals surface area contributed by atoms with Crippen molar-refractivity contribution < 1.29 is 18.7 Å². The molecule has 0 aliphatic rings. The second kappa shape index (κ2) is 7.36. The molecule has 28 heavy (non-hydrogen) atoms. The summed E-state index contributed by atoms with van der Waals surface area (Å²) in [6, 6.07) is 18.6. The van der Waals surface area contributed by atoms with E-state index >= 15 is 0 Å². The average Bonchev–Trinajstić information content (AvgIpc) is 2.76. The van der Waals surface area contributed by atoms with Gasteiger partial charge in [-0.05, 0) is 36.4 Å². The van der Waals surface area contributed by atoms with Gasteiger partial charge in [-0.3, -0.25) is 9.78 Å². The Morgan fingerprint density at radius 2 is 1.75 bits per heavy atom. The van der Waals surface area contributed by atoms with Gasteiger partial charge in [0.15, 0.2) is 5.76 Å². The molecule has 0 saturated carbocycles. The first-order chi connectivity index (χ1) is 13.7. The molecule has 0 bridgehead atoms. The number of benzene rings is 2. The molecule has 0 aliphatic carbocycles. The number of methoxy groups -OCH3 is 1. The molecule has 0 amide bonds. The molecule has 4 aromatic rings. The molecule has 6 heteroatoms. The summed E-state index contributed by atoms with van der Waals surface area (Å²) < 4.78 is 16.7. The highest BCUT2D eigenvalue weighted by Gasteiger charge is 2.23. The van der Waals surface area contributed by atoms with Gasteiger partial charge in [0.05, 0.1) is 12.7 Å². The number of hydrogen-bond acceptors (Lipinski definition) is 6. The zero-order valence-corrected chi connectivity index (χ0v) is 14.9. The largest absolute Gasteiger partial charge is 0.496 e. The fourth-order valence-corrected chi connectivity index (χ4v) is 2.85. The summed E-state index contributed by atoms with van der Waals surface area (Å²) in [7, 11) is 1.45. The number of carbonyl (C=O) groups is 1. The molecule has 138 valence electrons. The van der Waals surface area contributed by atoms with Crippen LogP contribution in [0.3, 0.4) is 0 Å². The van der Waals surface area contributed by atoms with Gasteiger partial charge in [0.2, 0.25) is 11.2 Å². The van der Waals surface area contributed by atoms with Gasteiger partial charge in [0.1, 0.15) is 22.4 Å². The van der Waals surface area contributed by atoms with Crippen molar-refractivity contribution in [1.29, 1.82) is 0 Å². The van der Waals surface area contributed by atoms with Crippen LogP contribution in [0.5, 0.6) is 11.5 Å². The molecule has 0 fully saturated rings. The molecule has 2 aromatic heterocycles. The van der Waals surface area contributed by atoms with E-state index < -0.39 is 11.4 Å². The van der Waals surface area contributed by atoms with Crippen LogP contribution < -0.4 is 14.9 Å². The summed E-state index contributed by atoms with van der Waals surface area (Å²) in [6.07, 6.45) is 1.56. The monoisotopic (exact) mass is 373 g/mol. The van der Waals surface area contributed by atoms with Gasteiger partial charge in [-0.1, -0.05) is 30.3 Å². The molecule has 0 spiro atoms. The molecule has 2 heterocycles. The van der Waals surface area contributed by atoms with Gasteiger partial charge in [0, 0.05) is 6.20 Å². The van der Waals surface area contributed by atoms with Crippen molar-refractivity contribution in [2.24, 2.45) is 0 Å². The first-order valence-electron chi connectivity index (χ1n) is 8.51. The van der Waals surface area contributed by atoms with Crippen LogP contribution in [0.4, 0.5) is 0 Å². The van der Waals surface area contributed by atoms with Crippen molar-refractivity contribution >= 4 is 16.9 Å². The maximum atomic E-state index is 13.2. The van der Waals surface area contributed by atoms with E-state index in [0.29, 0.717) is 22.6 Å². The molecule has 0 N–H and O–H groups in total. The lowest BCUT2D eigenvalue weighted by atomic mass is 10.1. The molecule has 2 aromatic carbocycles. The highest BCUT2D eigenvalue weighted by atomic mass is 16.5. The zero-order chi connectivity index (χ0) is 19.5. The van der Waals surface area contributed by atoms with Gasteiger partial charge >= 0.3 is 5.97 Å². The van der Waals surface area contributed by atoms with E-state index in [1.54, 1.807) is 72.9 Å². The van der Waals surface area contributed by atoms with E-state index in [0.717, 1.165) is 0 Å². The number of pyridine rings is 1. The Hall–Kier alpha value is -3.93. The lowest BCUT2D eigenvalue weighted by molar-refractivity contribution is 0.0731. The number of rotatable bonds is 4. The summed E-state index contributed by atoms with van der Waals surface area (Å²) >= 11 is 0. The van der Waals surface area contributed by atoms with Crippen molar-refractivity contribution in [3.63, 3.8) is 0 Å². The van der Waals surface area contributed by atoms with Crippen molar-refractivity contribution in [2.45, 2.75) is 0 Å². The zero-order valence-electron chi connectivity index (χ0n) is 14.9. The number of fused-ring (bicyclic) bond motifs is 1. The SMILES string of the molecule is COc1cccc2oc(-c3ccccn3)c(OC(=O)c3ccccc3)c(=O)c12.